The summed E-state index contributed by atoms with van der Waals surface area (Å²) in [4.78, 5) is 0. The molecule has 3 heteroatoms. The Morgan fingerprint density at radius 1 is 1.24 bits per heavy atom. The predicted molar refractivity (Wildman–Crippen MR) is 64.0 cm³/mol. The van der Waals surface area contributed by atoms with Crippen LogP contribution in [-0.4, -0.2) is 6.04 Å². The maximum atomic E-state index is 13.5. The molecule has 2 nitrogen and oxygen atoms in total. The average molecular weight is 230 g/mol. The molecule has 1 aromatic carbocycles. The predicted octanol–water partition coefficient (Wildman–Crippen LogP) is 3.30. The molecular weight excluding hydrogens is 215 g/mol. The van der Waals surface area contributed by atoms with Crippen LogP contribution in [0.25, 0.3) is 0 Å². The van der Waals surface area contributed by atoms with E-state index in [9.17, 15) is 4.39 Å². The van der Waals surface area contributed by atoms with Crippen LogP contribution in [0.4, 0.5) is 10.1 Å². The summed E-state index contributed by atoms with van der Waals surface area (Å²) < 4.78 is 13.5. The fourth-order valence-electron chi connectivity index (χ4n) is 2.42. The second kappa shape index (κ2) is 4.03. The highest BCUT2D eigenvalue weighted by Crippen LogP contribution is 2.45. The molecule has 2 fully saturated rings. The number of hydrogen-bond donors (Lipinski definition) is 1. The highest BCUT2D eigenvalue weighted by molar-refractivity contribution is 5.49. The minimum Gasteiger partial charge on any atom is -0.382 e. The fraction of sp³-hybridized carbons (Fsp3) is 0.500. The molecule has 0 amide bonds. The summed E-state index contributed by atoms with van der Waals surface area (Å²) in [6, 6.07) is 7.16. The van der Waals surface area contributed by atoms with Crippen molar-refractivity contribution in [3.8, 4) is 6.07 Å². The van der Waals surface area contributed by atoms with Crippen LogP contribution in [0.1, 0.15) is 31.2 Å². The smallest absolute Gasteiger partial charge is 0.143 e. The van der Waals surface area contributed by atoms with E-state index in [1.165, 1.54) is 31.7 Å². The zero-order chi connectivity index (χ0) is 11.8. The first-order valence-electron chi connectivity index (χ1n) is 6.24. The molecule has 0 unspecified atom stereocenters. The summed E-state index contributed by atoms with van der Waals surface area (Å²) in [7, 11) is 0. The minimum absolute atomic E-state index is 0.116. The number of anilines is 1. The molecule has 3 rings (SSSR count). The molecular formula is C14H15FN2. The minimum atomic E-state index is -0.428. The van der Waals surface area contributed by atoms with Gasteiger partial charge >= 0.3 is 0 Å². The maximum Gasteiger partial charge on any atom is 0.143 e. The van der Waals surface area contributed by atoms with Crippen LogP contribution in [0, 0.1) is 29.0 Å². The third kappa shape index (κ3) is 2.26. The number of nitriles is 1. The second-order valence-corrected chi connectivity index (χ2v) is 5.15. The molecule has 0 bridgehead atoms. The number of benzene rings is 1. The maximum absolute atomic E-state index is 13.5. The average Bonchev–Trinajstić information content (AvgIpc) is 3.16. The van der Waals surface area contributed by atoms with Gasteiger partial charge in [0.05, 0.1) is 5.56 Å². The van der Waals surface area contributed by atoms with Gasteiger partial charge in [-0.3, -0.25) is 0 Å². The quantitative estimate of drug-likeness (QED) is 0.861. The lowest BCUT2D eigenvalue weighted by Gasteiger charge is -2.19. The summed E-state index contributed by atoms with van der Waals surface area (Å²) in [6.45, 7) is 0. The highest BCUT2D eigenvalue weighted by atomic mass is 19.1. The molecule has 1 aromatic rings. The molecule has 2 saturated carbocycles. The molecule has 88 valence electrons. The van der Waals surface area contributed by atoms with E-state index >= 15 is 0 Å². The topological polar surface area (TPSA) is 35.8 Å². The molecule has 2 aliphatic carbocycles. The Labute approximate surface area is 100 Å². The van der Waals surface area contributed by atoms with Crippen LogP contribution in [0.15, 0.2) is 18.2 Å². The van der Waals surface area contributed by atoms with Gasteiger partial charge in [0.15, 0.2) is 0 Å². The van der Waals surface area contributed by atoms with Gasteiger partial charge in [-0.2, -0.15) is 5.26 Å². The van der Waals surface area contributed by atoms with Crippen molar-refractivity contribution in [3.05, 3.63) is 29.6 Å². The van der Waals surface area contributed by atoms with Crippen molar-refractivity contribution in [3.63, 3.8) is 0 Å². The Balaban J connectivity index is 1.75. The van der Waals surface area contributed by atoms with E-state index < -0.39 is 5.82 Å². The molecule has 17 heavy (non-hydrogen) atoms. The lowest BCUT2D eigenvalue weighted by molar-refractivity contribution is 0.566. The Hall–Kier alpha value is -1.56. The number of halogens is 1. The van der Waals surface area contributed by atoms with Gasteiger partial charge in [0.25, 0.3) is 0 Å². The van der Waals surface area contributed by atoms with E-state index in [0.29, 0.717) is 6.04 Å². The van der Waals surface area contributed by atoms with E-state index in [1.54, 1.807) is 12.1 Å². The molecule has 2 aliphatic rings. The number of rotatable bonds is 4. The molecule has 0 atom stereocenters. The van der Waals surface area contributed by atoms with E-state index in [1.807, 2.05) is 6.07 Å². The van der Waals surface area contributed by atoms with Gasteiger partial charge in [0, 0.05) is 11.7 Å². The first-order valence-corrected chi connectivity index (χ1v) is 6.24. The Morgan fingerprint density at radius 3 is 2.35 bits per heavy atom. The van der Waals surface area contributed by atoms with Crippen molar-refractivity contribution in [1.29, 1.82) is 5.26 Å². The second-order valence-electron chi connectivity index (χ2n) is 5.15. The summed E-state index contributed by atoms with van der Waals surface area (Å²) in [5.74, 6) is 1.13. The first-order chi connectivity index (χ1) is 8.28. The van der Waals surface area contributed by atoms with E-state index in [4.69, 9.17) is 5.26 Å². The van der Waals surface area contributed by atoms with E-state index in [0.717, 1.165) is 17.5 Å². The standard InChI is InChI=1S/C14H15FN2/c15-13-7-12(6-5-11(13)8-16)17-14(9-1-2-9)10-3-4-10/h5-7,9-10,14,17H,1-4H2. The van der Waals surface area contributed by atoms with Gasteiger partial charge in [-0.15, -0.1) is 0 Å². The van der Waals surface area contributed by atoms with Gasteiger partial charge in [-0.25, -0.2) is 4.39 Å². The lowest BCUT2D eigenvalue weighted by atomic mass is 10.1. The summed E-state index contributed by atoms with van der Waals surface area (Å²) in [6.07, 6.45) is 5.19. The Bertz CT molecular complexity index is 458. The SMILES string of the molecule is N#Cc1ccc(NC(C2CC2)C2CC2)cc1F. The van der Waals surface area contributed by atoms with Crippen molar-refractivity contribution < 1.29 is 4.39 Å². The van der Waals surface area contributed by atoms with Crippen molar-refractivity contribution in [2.24, 2.45) is 11.8 Å². The van der Waals surface area contributed by atoms with Crippen molar-refractivity contribution >= 4 is 5.69 Å². The third-order valence-corrected chi connectivity index (χ3v) is 3.68. The number of nitrogens with one attached hydrogen (secondary N) is 1. The first kappa shape index (κ1) is 10.6. The van der Waals surface area contributed by atoms with Gasteiger partial charge in [-0.05, 0) is 55.7 Å². The molecule has 0 spiro atoms. The number of nitrogens with zero attached hydrogens (tertiary/aromatic N) is 1. The molecule has 0 radical (unpaired) electrons. The summed E-state index contributed by atoms with van der Waals surface area (Å²) >= 11 is 0. The highest BCUT2D eigenvalue weighted by Gasteiger charge is 2.41. The van der Waals surface area contributed by atoms with Crippen molar-refractivity contribution in [1.82, 2.24) is 0 Å². The van der Waals surface area contributed by atoms with Crippen LogP contribution < -0.4 is 5.32 Å². The van der Waals surface area contributed by atoms with Crippen LogP contribution >= 0.6 is 0 Å². The Kier molecular flexibility index (Phi) is 2.51. The fourth-order valence-corrected chi connectivity index (χ4v) is 2.42. The zero-order valence-electron chi connectivity index (χ0n) is 9.62. The largest absolute Gasteiger partial charge is 0.382 e. The lowest BCUT2D eigenvalue weighted by Crippen LogP contribution is -2.24. The summed E-state index contributed by atoms with van der Waals surface area (Å²) in [5, 5.41) is 12.1. The van der Waals surface area contributed by atoms with Gasteiger partial charge in [0.1, 0.15) is 11.9 Å². The summed E-state index contributed by atoms with van der Waals surface area (Å²) in [5.41, 5.74) is 0.926. The third-order valence-electron chi connectivity index (χ3n) is 3.68. The van der Waals surface area contributed by atoms with Gasteiger partial charge in [0.2, 0.25) is 0 Å². The molecule has 0 saturated heterocycles. The van der Waals surface area contributed by atoms with Crippen LogP contribution in [0.5, 0.6) is 0 Å². The molecule has 0 aromatic heterocycles. The van der Waals surface area contributed by atoms with Gasteiger partial charge in [-0.1, -0.05) is 0 Å². The van der Waals surface area contributed by atoms with Crippen molar-refractivity contribution in [2.75, 3.05) is 5.32 Å². The van der Waals surface area contributed by atoms with Crippen LogP contribution in [0.3, 0.4) is 0 Å². The van der Waals surface area contributed by atoms with Gasteiger partial charge < -0.3 is 5.32 Å². The number of hydrogen-bond acceptors (Lipinski definition) is 2. The normalized spacial score (nSPS) is 19.1. The monoisotopic (exact) mass is 230 g/mol. The van der Waals surface area contributed by atoms with E-state index in [2.05, 4.69) is 5.32 Å². The zero-order valence-corrected chi connectivity index (χ0v) is 9.62. The molecule has 1 N–H and O–H groups in total. The van der Waals surface area contributed by atoms with E-state index in [-0.39, 0.29) is 5.56 Å². The molecule has 0 aliphatic heterocycles. The van der Waals surface area contributed by atoms with Crippen molar-refractivity contribution in [2.45, 2.75) is 31.7 Å². The van der Waals surface area contributed by atoms with Crippen LogP contribution in [0.2, 0.25) is 0 Å². The van der Waals surface area contributed by atoms with Crippen LogP contribution in [-0.2, 0) is 0 Å². The molecule has 0 heterocycles. The Morgan fingerprint density at radius 2 is 1.88 bits per heavy atom.